The predicted molar refractivity (Wildman–Crippen MR) is 64.6 cm³/mol. The summed E-state index contributed by atoms with van der Waals surface area (Å²) < 4.78 is 0. The van der Waals surface area contributed by atoms with Crippen LogP contribution in [-0.2, 0) is 9.59 Å². The Hall–Kier alpha value is -0.710. The summed E-state index contributed by atoms with van der Waals surface area (Å²) in [6, 6.07) is 0. The maximum absolute atomic E-state index is 11.7. The van der Waals surface area contributed by atoms with Crippen molar-refractivity contribution in [2.24, 2.45) is 5.92 Å². The monoisotopic (exact) mass is 245 g/mol. The SMILES string of the molecule is CSCC(=O)N1CCCC(CCC(=O)O)C1. The standard InChI is InChI=1S/C11H19NO3S/c1-16-8-10(13)12-6-2-3-9(7-12)4-5-11(14)15/h9H,2-8H2,1H3,(H,14,15). The van der Waals surface area contributed by atoms with Gasteiger partial charge in [0.2, 0.25) is 5.91 Å². The van der Waals surface area contributed by atoms with Gasteiger partial charge in [-0.05, 0) is 31.4 Å². The van der Waals surface area contributed by atoms with Crippen LogP contribution in [0.15, 0.2) is 0 Å². The topological polar surface area (TPSA) is 57.6 Å². The first-order valence-electron chi connectivity index (χ1n) is 5.62. The van der Waals surface area contributed by atoms with E-state index >= 15 is 0 Å². The molecule has 0 spiro atoms. The Balaban J connectivity index is 2.34. The number of carboxylic acid groups (broad SMARTS) is 1. The molecule has 1 aliphatic rings. The Labute approximate surface area is 100 Å². The van der Waals surface area contributed by atoms with Gasteiger partial charge in [-0.3, -0.25) is 9.59 Å². The number of hydrogen-bond acceptors (Lipinski definition) is 3. The molecular formula is C11H19NO3S. The van der Waals surface area contributed by atoms with Crippen molar-refractivity contribution in [1.29, 1.82) is 0 Å². The van der Waals surface area contributed by atoms with Crippen LogP contribution in [0, 0.1) is 5.92 Å². The number of amides is 1. The van der Waals surface area contributed by atoms with Crippen LogP contribution in [0.25, 0.3) is 0 Å². The van der Waals surface area contributed by atoms with Crippen LogP contribution in [0.1, 0.15) is 25.7 Å². The molecule has 1 heterocycles. The fourth-order valence-electron chi connectivity index (χ4n) is 2.07. The van der Waals surface area contributed by atoms with E-state index in [4.69, 9.17) is 5.11 Å². The van der Waals surface area contributed by atoms with Crippen molar-refractivity contribution in [2.45, 2.75) is 25.7 Å². The average Bonchev–Trinajstić information content (AvgIpc) is 2.27. The van der Waals surface area contributed by atoms with Gasteiger partial charge in [0.1, 0.15) is 0 Å². The summed E-state index contributed by atoms with van der Waals surface area (Å²) in [7, 11) is 0. The van der Waals surface area contributed by atoms with Crippen molar-refractivity contribution in [3.8, 4) is 0 Å². The first-order valence-corrected chi connectivity index (χ1v) is 7.01. The van der Waals surface area contributed by atoms with Crippen LogP contribution in [0.5, 0.6) is 0 Å². The van der Waals surface area contributed by atoms with Crippen LogP contribution in [0.3, 0.4) is 0 Å². The van der Waals surface area contributed by atoms with Crippen LogP contribution in [0.2, 0.25) is 0 Å². The molecule has 1 unspecified atom stereocenters. The van der Waals surface area contributed by atoms with Gasteiger partial charge in [0.25, 0.3) is 0 Å². The third-order valence-electron chi connectivity index (χ3n) is 2.91. The molecule has 1 fully saturated rings. The lowest BCUT2D eigenvalue weighted by Gasteiger charge is -2.32. The lowest BCUT2D eigenvalue weighted by atomic mass is 9.93. The fourth-order valence-corrected chi connectivity index (χ4v) is 2.50. The highest BCUT2D eigenvalue weighted by molar-refractivity contribution is 7.99. The normalized spacial score (nSPS) is 20.8. The van der Waals surface area contributed by atoms with Crippen molar-refractivity contribution in [3.05, 3.63) is 0 Å². The lowest BCUT2D eigenvalue weighted by molar-refractivity contribution is -0.137. The fraction of sp³-hybridized carbons (Fsp3) is 0.818. The number of aliphatic carboxylic acids is 1. The van der Waals surface area contributed by atoms with E-state index in [-0.39, 0.29) is 12.3 Å². The largest absolute Gasteiger partial charge is 0.481 e. The molecule has 0 aromatic heterocycles. The van der Waals surface area contributed by atoms with E-state index in [0.717, 1.165) is 25.9 Å². The van der Waals surface area contributed by atoms with Crippen molar-refractivity contribution in [2.75, 3.05) is 25.1 Å². The zero-order chi connectivity index (χ0) is 12.0. The van der Waals surface area contributed by atoms with E-state index in [1.807, 2.05) is 11.2 Å². The van der Waals surface area contributed by atoms with Gasteiger partial charge in [-0.2, -0.15) is 11.8 Å². The Morgan fingerprint density at radius 2 is 2.25 bits per heavy atom. The minimum Gasteiger partial charge on any atom is -0.481 e. The first kappa shape index (κ1) is 13.4. The minimum atomic E-state index is -0.743. The Morgan fingerprint density at radius 1 is 1.50 bits per heavy atom. The smallest absolute Gasteiger partial charge is 0.303 e. The Kier molecular flexibility index (Phi) is 5.66. The second-order valence-electron chi connectivity index (χ2n) is 4.21. The van der Waals surface area contributed by atoms with E-state index in [1.165, 1.54) is 11.8 Å². The number of carbonyl (C=O) groups excluding carboxylic acids is 1. The van der Waals surface area contributed by atoms with Gasteiger partial charge in [0.15, 0.2) is 0 Å². The molecule has 1 rings (SSSR count). The maximum atomic E-state index is 11.7. The number of carbonyl (C=O) groups is 2. The van der Waals surface area contributed by atoms with Crippen LogP contribution in [0.4, 0.5) is 0 Å². The van der Waals surface area contributed by atoms with Gasteiger partial charge >= 0.3 is 5.97 Å². The molecule has 1 amide bonds. The van der Waals surface area contributed by atoms with Crippen LogP contribution in [-0.4, -0.2) is 47.0 Å². The summed E-state index contributed by atoms with van der Waals surface area (Å²) >= 11 is 1.54. The number of hydrogen-bond donors (Lipinski definition) is 1. The summed E-state index contributed by atoms with van der Waals surface area (Å²) in [6.07, 6.45) is 4.89. The number of carboxylic acids is 1. The molecule has 0 saturated carbocycles. The van der Waals surface area contributed by atoms with Gasteiger partial charge in [0, 0.05) is 19.5 Å². The quantitative estimate of drug-likeness (QED) is 0.796. The van der Waals surface area contributed by atoms with Crippen molar-refractivity contribution in [1.82, 2.24) is 4.90 Å². The van der Waals surface area contributed by atoms with Crippen molar-refractivity contribution < 1.29 is 14.7 Å². The zero-order valence-electron chi connectivity index (χ0n) is 9.65. The number of nitrogens with zero attached hydrogens (tertiary/aromatic N) is 1. The van der Waals surface area contributed by atoms with Crippen LogP contribution < -0.4 is 0 Å². The van der Waals surface area contributed by atoms with Crippen LogP contribution >= 0.6 is 11.8 Å². The first-order chi connectivity index (χ1) is 7.63. The zero-order valence-corrected chi connectivity index (χ0v) is 10.5. The van der Waals surface area contributed by atoms with E-state index in [2.05, 4.69) is 0 Å². The molecule has 1 atom stereocenters. The predicted octanol–water partition coefficient (Wildman–Crippen LogP) is 1.45. The van der Waals surface area contributed by atoms with Gasteiger partial charge in [-0.1, -0.05) is 0 Å². The van der Waals surface area contributed by atoms with Gasteiger partial charge in [-0.15, -0.1) is 0 Å². The number of piperidine rings is 1. The average molecular weight is 245 g/mol. The highest BCUT2D eigenvalue weighted by Gasteiger charge is 2.23. The molecule has 0 aliphatic carbocycles. The third kappa shape index (κ3) is 4.43. The lowest BCUT2D eigenvalue weighted by Crippen LogP contribution is -2.40. The molecule has 5 heteroatoms. The molecule has 92 valence electrons. The molecule has 0 bridgehead atoms. The summed E-state index contributed by atoms with van der Waals surface area (Å²) in [6.45, 7) is 1.58. The Bertz CT molecular complexity index is 258. The van der Waals surface area contributed by atoms with Crippen molar-refractivity contribution in [3.63, 3.8) is 0 Å². The highest BCUT2D eigenvalue weighted by Crippen LogP contribution is 2.21. The van der Waals surface area contributed by atoms with Gasteiger partial charge in [-0.25, -0.2) is 0 Å². The molecular weight excluding hydrogens is 226 g/mol. The van der Waals surface area contributed by atoms with E-state index in [0.29, 0.717) is 18.1 Å². The summed E-state index contributed by atoms with van der Waals surface area (Å²) in [5.41, 5.74) is 0. The highest BCUT2D eigenvalue weighted by atomic mass is 32.2. The molecule has 0 radical (unpaired) electrons. The van der Waals surface area contributed by atoms with Gasteiger partial charge in [0.05, 0.1) is 5.75 Å². The molecule has 1 N–H and O–H groups in total. The number of likely N-dealkylation sites (tertiary alicyclic amines) is 1. The minimum absolute atomic E-state index is 0.188. The number of thioether (sulfide) groups is 1. The van der Waals surface area contributed by atoms with Gasteiger partial charge < -0.3 is 10.0 Å². The molecule has 16 heavy (non-hydrogen) atoms. The van der Waals surface area contributed by atoms with E-state index in [9.17, 15) is 9.59 Å². The molecule has 1 saturated heterocycles. The molecule has 0 aromatic rings. The third-order valence-corrected chi connectivity index (χ3v) is 3.44. The number of rotatable bonds is 5. The maximum Gasteiger partial charge on any atom is 0.303 e. The molecule has 4 nitrogen and oxygen atoms in total. The summed E-state index contributed by atoms with van der Waals surface area (Å²) in [5, 5.41) is 8.62. The molecule has 1 aliphatic heterocycles. The second kappa shape index (κ2) is 6.78. The molecule has 0 aromatic carbocycles. The van der Waals surface area contributed by atoms with E-state index < -0.39 is 5.97 Å². The summed E-state index contributed by atoms with van der Waals surface area (Å²) in [5.74, 6) is 0.349. The van der Waals surface area contributed by atoms with Crippen molar-refractivity contribution >= 4 is 23.6 Å². The van der Waals surface area contributed by atoms with E-state index in [1.54, 1.807) is 0 Å². The second-order valence-corrected chi connectivity index (χ2v) is 5.08. The summed E-state index contributed by atoms with van der Waals surface area (Å²) in [4.78, 5) is 24.0. The Morgan fingerprint density at radius 3 is 2.88 bits per heavy atom.